The van der Waals surface area contributed by atoms with Crippen LogP contribution in [0.2, 0.25) is 0 Å². The van der Waals surface area contributed by atoms with Crippen LogP contribution < -0.4 is 10.6 Å². The van der Waals surface area contributed by atoms with Gasteiger partial charge in [0.15, 0.2) is 5.69 Å². The molecule has 1 amide bonds. The van der Waals surface area contributed by atoms with E-state index in [1.807, 2.05) is 24.3 Å². The molecule has 0 spiro atoms. The topological polar surface area (TPSA) is 79.2 Å². The second-order valence-corrected chi connectivity index (χ2v) is 6.47. The molecule has 0 fully saturated rings. The van der Waals surface area contributed by atoms with Gasteiger partial charge in [0.25, 0.3) is 5.91 Å². The zero-order valence-electron chi connectivity index (χ0n) is 14.9. The average Bonchev–Trinajstić information content (AvgIpc) is 3.05. The molecule has 1 aromatic heterocycles. The number of aromatic nitrogens is 2. The molecule has 1 aliphatic heterocycles. The number of carbonyl (C=O) groups is 1. The Bertz CT molecular complexity index is 949. The minimum Gasteiger partial charge on any atom is -0.394 e. The molecule has 0 unspecified atom stereocenters. The number of aliphatic hydroxyl groups is 1. The van der Waals surface area contributed by atoms with Crippen molar-refractivity contribution in [2.45, 2.75) is 26.1 Å². The molecular formula is C20H23ClN4O2. The molecule has 2 aromatic carbocycles. The first-order valence-corrected chi connectivity index (χ1v) is 8.93. The monoisotopic (exact) mass is 386 g/mol. The van der Waals surface area contributed by atoms with Gasteiger partial charge in [-0.1, -0.05) is 42.5 Å². The van der Waals surface area contributed by atoms with Crippen molar-refractivity contribution in [2.24, 2.45) is 0 Å². The lowest BCUT2D eigenvalue weighted by molar-refractivity contribution is 0.0943. The van der Waals surface area contributed by atoms with Crippen LogP contribution in [0.1, 0.15) is 27.3 Å². The van der Waals surface area contributed by atoms with Crippen molar-refractivity contribution in [1.29, 1.82) is 0 Å². The van der Waals surface area contributed by atoms with Gasteiger partial charge in [0.1, 0.15) is 0 Å². The van der Waals surface area contributed by atoms with Crippen LogP contribution in [0.3, 0.4) is 0 Å². The van der Waals surface area contributed by atoms with Crippen LogP contribution >= 0.6 is 12.4 Å². The lowest BCUT2D eigenvalue weighted by Gasteiger charge is -2.15. The van der Waals surface area contributed by atoms with E-state index in [1.165, 1.54) is 0 Å². The first-order valence-electron chi connectivity index (χ1n) is 8.93. The largest absolute Gasteiger partial charge is 0.394 e. The summed E-state index contributed by atoms with van der Waals surface area (Å²) in [6.07, 6.45) is 0.818. The van der Waals surface area contributed by atoms with Crippen LogP contribution in [-0.2, 0) is 26.1 Å². The Morgan fingerprint density at radius 1 is 1.22 bits per heavy atom. The zero-order valence-corrected chi connectivity index (χ0v) is 15.8. The predicted octanol–water partition coefficient (Wildman–Crippen LogP) is 2.03. The summed E-state index contributed by atoms with van der Waals surface area (Å²) in [5, 5.41) is 22.3. The Hall–Kier alpha value is -2.41. The molecule has 4 rings (SSSR count). The predicted molar refractivity (Wildman–Crippen MR) is 107 cm³/mol. The van der Waals surface area contributed by atoms with E-state index in [0.29, 0.717) is 25.3 Å². The smallest absolute Gasteiger partial charge is 0.272 e. The van der Waals surface area contributed by atoms with E-state index in [4.69, 9.17) is 0 Å². The minimum absolute atomic E-state index is 0. The van der Waals surface area contributed by atoms with E-state index in [2.05, 4.69) is 33.9 Å². The second-order valence-electron chi connectivity index (χ2n) is 6.47. The third kappa shape index (κ3) is 3.83. The zero-order chi connectivity index (χ0) is 17.9. The highest BCUT2D eigenvalue weighted by atomic mass is 35.5. The highest BCUT2D eigenvalue weighted by molar-refractivity contribution is 5.94. The maximum Gasteiger partial charge on any atom is 0.272 e. The van der Waals surface area contributed by atoms with Crippen molar-refractivity contribution in [1.82, 2.24) is 20.4 Å². The van der Waals surface area contributed by atoms with E-state index < -0.39 is 0 Å². The lowest BCUT2D eigenvalue weighted by Crippen LogP contribution is -2.28. The molecule has 2 heterocycles. The minimum atomic E-state index is -0.172. The third-order valence-electron chi connectivity index (χ3n) is 4.85. The van der Waals surface area contributed by atoms with E-state index in [9.17, 15) is 9.90 Å². The summed E-state index contributed by atoms with van der Waals surface area (Å²) in [7, 11) is 0. The van der Waals surface area contributed by atoms with Crippen LogP contribution in [0.5, 0.6) is 0 Å². The van der Waals surface area contributed by atoms with Gasteiger partial charge in [0.2, 0.25) is 0 Å². The normalized spacial score (nSPS) is 13.1. The fraction of sp³-hybridized carbons (Fsp3) is 0.300. The third-order valence-corrected chi connectivity index (χ3v) is 4.85. The van der Waals surface area contributed by atoms with Crippen LogP contribution in [0.25, 0.3) is 10.8 Å². The average molecular weight is 387 g/mol. The lowest BCUT2D eigenvalue weighted by atomic mass is 10.0. The molecule has 0 aliphatic carbocycles. The van der Waals surface area contributed by atoms with Crippen molar-refractivity contribution in [3.05, 3.63) is 65.0 Å². The van der Waals surface area contributed by atoms with Gasteiger partial charge in [-0.2, -0.15) is 5.10 Å². The number of amides is 1. The Morgan fingerprint density at radius 2 is 2.04 bits per heavy atom. The molecule has 0 radical (unpaired) electrons. The van der Waals surface area contributed by atoms with Crippen molar-refractivity contribution in [3.8, 4) is 0 Å². The Kier molecular flexibility index (Phi) is 6.11. The molecular weight excluding hydrogens is 364 g/mol. The number of fused-ring (bicyclic) bond motifs is 2. The van der Waals surface area contributed by atoms with E-state index in [0.717, 1.165) is 40.6 Å². The second kappa shape index (κ2) is 8.52. The first-order chi connectivity index (χ1) is 12.8. The van der Waals surface area contributed by atoms with Crippen LogP contribution in [-0.4, -0.2) is 33.9 Å². The number of nitrogens with zero attached hydrogens (tertiary/aromatic N) is 2. The molecule has 142 valence electrons. The molecule has 0 saturated carbocycles. The van der Waals surface area contributed by atoms with Gasteiger partial charge in [-0.15, -0.1) is 12.4 Å². The van der Waals surface area contributed by atoms with Crippen LogP contribution in [0.15, 0.2) is 42.5 Å². The standard InChI is InChI=1S/C20H22N4O2.ClH/c25-11-10-24-18-8-9-21-13-17(18)19(23-24)20(26)22-12-15-6-3-5-14-4-1-2-7-16(14)15;/h1-7,21,25H,8-13H2,(H,22,26);1H. The summed E-state index contributed by atoms with van der Waals surface area (Å²) in [4.78, 5) is 12.8. The molecule has 0 atom stereocenters. The number of hydrogen-bond acceptors (Lipinski definition) is 4. The van der Waals surface area contributed by atoms with Crippen molar-refractivity contribution in [2.75, 3.05) is 13.2 Å². The van der Waals surface area contributed by atoms with Gasteiger partial charge in [-0.05, 0) is 16.3 Å². The number of aliphatic hydroxyl groups excluding tert-OH is 1. The van der Waals surface area contributed by atoms with Gasteiger partial charge >= 0.3 is 0 Å². The van der Waals surface area contributed by atoms with Crippen molar-refractivity contribution < 1.29 is 9.90 Å². The molecule has 0 saturated heterocycles. The molecule has 0 bridgehead atoms. The highest BCUT2D eigenvalue weighted by Gasteiger charge is 2.24. The van der Waals surface area contributed by atoms with E-state index >= 15 is 0 Å². The van der Waals surface area contributed by atoms with Gasteiger partial charge in [0.05, 0.1) is 13.2 Å². The summed E-state index contributed by atoms with van der Waals surface area (Å²) in [6, 6.07) is 14.3. The molecule has 3 N–H and O–H groups in total. The summed E-state index contributed by atoms with van der Waals surface area (Å²) in [5.41, 5.74) is 3.53. The molecule has 7 heteroatoms. The first kappa shape index (κ1) is 19.4. The molecule has 6 nitrogen and oxygen atoms in total. The summed E-state index contributed by atoms with van der Waals surface area (Å²) in [6.45, 7) is 2.38. The van der Waals surface area contributed by atoms with Gasteiger partial charge in [0, 0.05) is 37.3 Å². The Labute approximate surface area is 164 Å². The Morgan fingerprint density at radius 3 is 2.89 bits per heavy atom. The highest BCUT2D eigenvalue weighted by Crippen LogP contribution is 2.20. The van der Waals surface area contributed by atoms with E-state index in [1.54, 1.807) is 4.68 Å². The number of hydrogen-bond donors (Lipinski definition) is 3. The number of carbonyl (C=O) groups excluding carboxylic acids is 1. The Balaban J connectivity index is 0.00000210. The van der Waals surface area contributed by atoms with Crippen molar-refractivity contribution in [3.63, 3.8) is 0 Å². The number of benzene rings is 2. The van der Waals surface area contributed by atoms with Gasteiger partial charge < -0.3 is 15.7 Å². The number of halogens is 1. The molecule has 3 aromatic rings. The van der Waals surface area contributed by atoms with Gasteiger partial charge in [-0.3, -0.25) is 9.48 Å². The summed E-state index contributed by atoms with van der Waals surface area (Å²) >= 11 is 0. The quantitative estimate of drug-likeness (QED) is 0.627. The maximum absolute atomic E-state index is 12.8. The molecule has 1 aliphatic rings. The summed E-state index contributed by atoms with van der Waals surface area (Å²) < 4.78 is 1.77. The SMILES string of the molecule is Cl.O=C(NCc1cccc2ccccc12)c1nn(CCO)c2c1CNCC2. The van der Waals surface area contributed by atoms with Crippen molar-refractivity contribution >= 4 is 29.1 Å². The molecule has 27 heavy (non-hydrogen) atoms. The fourth-order valence-corrected chi connectivity index (χ4v) is 3.59. The number of nitrogens with one attached hydrogen (secondary N) is 2. The number of rotatable bonds is 5. The maximum atomic E-state index is 12.8. The van der Waals surface area contributed by atoms with Gasteiger partial charge in [-0.25, -0.2) is 0 Å². The fourth-order valence-electron chi connectivity index (χ4n) is 3.59. The van der Waals surface area contributed by atoms with Crippen LogP contribution in [0, 0.1) is 0 Å². The summed E-state index contributed by atoms with van der Waals surface area (Å²) in [5.74, 6) is -0.172. The van der Waals surface area contributed by atoms with E-state index in [-0.39, 0.29) is 24.9 Å². The van der Waals surface area contributed by atoms with Crippen LogP contribution in [0.4, 0.5) is 0 Å².